The van der Waals surface area contributed by atoms with Crippen LogP contribution in [0.15, 0.2) is 46.9 Å². The number of benzene rings is 2. The van der Waals surface area contributed by atoms with E-state index in [1.165, 1.54) is 14.2 Å². The molecule has 0 fully saturated rings. The predicted molar refractivity (Wildman–Crippen MR) is 99.4 cm³/mol. The summed E-state index contributed by atoms with van der Waals surface area (Å²) in [6.07, 6.45) is -0.803. The molecule has 26 heavy (non-hydrogen) atoms. The van der Waals surface area contributed by atoms with Gasteiger partial charge in [0.1, 0.15) is 17.2 Å². The van der Waals surface area contributed by atoms with Crippen molar-refractivity contribution in [1.82, 2.24) is 10.9 Å². The van der Waals surface area contributed by atoms with E-state index in [2.05, 4.69) is 26.8 Å². The number of nitrogens with one attached hydrogen (secondary N) is 2. The Morgan fingerprint density at radius 3 is 2.42 bits per heavy atom. The molecule has 0 aliphatic heterocycles. The van der Waals surface area contributed by atoms with Crippen molar-refractivity contribution in [3.63, 3.8) is 0 Å². The zero-order valence-corrected chi connectivity index (χ0v) is 16.1. The van der Waals surface area contributed by atoms with Crippen LogP contribution >= 0.6 is 15.9 Å². The molecule has 0 bridgehead atoms. The molecule has 8 heteroatoms. The maximum Gasteiger partial charge on any atom is 0.279 e. The van der Waals surface area contributed by atoms with Crippen molar-refractivity contribution in [1.29, 1.82) is 0 Å². The molecular weight excluding hydrogens is 404 g/mol. The highest BCUT2D eigenvalue weighted by molar-refractivity contribution is 9.10. The highest BCUT2D eigenvalue weighted by Crippen LogP contribution is 2.24. The maximum absolute atomic E-state index is 12.3. The summed E-state index contributed by atoms with van der Waals surface area (Å²) in [4.78, 5) is 24.4. The van der Waals surface area contributed by atoms with E-state index in [0.717, 1.165) is 4.47 Å². The van der Waals surface area contributed by atoms with Gasteiger partial charge >= 0.3 is 0 Å². The summed E-state index contributed by atoms with van der Waals surface area (Å²) in [5, 5.41) is 0. The van der Waals surface area contributed by atoms with Crippen LogP contribution in [-0.2, 0) is 4.79 Å². The first kappa shape index (κ1) is 19.6. The molecule has 0 aliphatic carbocycles. The minimum atomic E-state index is -0.803. The molecule has 0 aromatic heterocycles. The van der Waals surface area contributed by atoms with Crippen molar-refractivity contribution < 1.29 is 23.8 Å². The second kappa shape index (κ2) is 9.10. The fourth-order valence-corrected chi connectivity index (χ4v) is 2.45. The van der Waals surface area contributed by atoms with Gasteiger partial charge in [-0.3, -0.25) is 20.4 Å². The van der Waals surface area contributed by atoms with Gasteiger partial charge in [0.2, 0.25) is 0 Å². The lowest BCUT2D eigenvalue weighted by molar-refractivity contribution is -0.128. The Bertz CT molecular complexity index is 797. The number of hydrogen-bond acceptors (Lipinski definition) is 5. The molecule has 2 aromatic rings. The van der Waals surface area contributed by atoms with E-state index < -0.39 is 17.9 Å². The number of hydrazine groups is 1. The van der Waals surface area contributed by atoms with Crippen molar-refractivity contribution in [2.45, 2.75) is 13.0 Å². The van der Waals surface area contributed by atoms with Gasteiger partial charge in [-0.05, 0) is 37.3 Å². The highest BCUT2D eigenvalue weighted by Gasteiger charge is 2.18. The molecule has 2 aromatic carbocycles. The molecule has 1 atom stereocenters. The molecule has 0 aliphatic rings. The smallest absolute Gasteiger partial charge is 0.279 e. The van der Waals surface area contributed by atoms with Gasteiger partial charge in [-0.2, -0.15) is 0 Å². The Labute approximate surface area is 159 Å². The van der Waals surface area contributed by atoms with Crippen LogP contribution in [0.25, 0.3) is 0 Å². The molecule has 7 nitrogen and oxygen atoms in total. The molecular formula is C18H19BrN2O5. The van der Waals surface area contributed by atoms with Gasteiger partial charge in [0.25, 0.3) is 11.8 Å². The first-order valence-electron chi connectivity index (χ1n) is 7.69. The number of ether oxygens (including phenoxy) is 3. The van der Waals surface area contributed by atoms with E-state index in [9.17, 15) is 9.59 Å². The maximum atomic E-state index is 12.3. The first-order valence-corrected chi connectivity index (χ1v) is 8.48. The van der Waals surface area contributed by atoms with Crippen molar-refractivity contribution >= 4 is 27.7 Å². The van der Waals surface area contributed by atoms with Gasteiger partial charge in [-0.25, -0.2) is 0 Å². The van der Waals surface area contributed by atoms with Crippen molar-refractivity contribution in [2.24, 2.45) is 0 Å². The molecule has 1 unspecified atom stereocenters. The Morgan fingerprint density at radius 2 is 1.77 bits per heavy atom. The number of hydrogen-bond donors (Lipinski definition) is 2. The summed E-state index contributed by atoms with van der Waals surface area (Å²) in [7, 11) is 2.96. The molecule has 0 heterocycles. The SMILES string of the molecule is COc1ccc(C(=O)NNC(=O)C(C)Oc2cccc(Br)c2)c(OC)c1. The van der Waals surface area contributed by atoms with Crippen LogP contribution < -0.4 is 25.1 Å². The lowest BCUT2D eigenvalue weighted by Gasteiger charge is -2.16. The summed E-state index contributed by atoms with van der Waals surface area (Å²) in [5.41, 5.74) is 4.93. The molecule has 2 amide bonds. The van der Waals surface area contributed by atoms with Gasteiger partial charge in [0.05, 0.1) is 19.8 Å². The van der Waals surface area contributed by atoms with Crippen LogP contribution in [0, 0.1) is 0 Å². The fourth-order valence-electron chi connectivity index (χ4n) is 2.07. The number of halogens is 1. The lowest BCUT2D eigenvalue weighted by atomic mass is 10.2. The molecule has 2 N–H and O–H groups in total. The van der Waals surface area contributed by atoms with E-state index in [4.69, 9.17) is 14.2 Å². The normalized spacial score (nSPS) is 11.2. The standard InChI is InChI=1S/C18H19BrN2O5/c1-11(26-14-6-4-5-12(19)9-14)17(22)20-21-18(23)15-8-7-13(24-2)10-16(15)25-3/h4-11H,1-3H3,(H,20,22)(H,21,23). The van der Waals surface area contributed by atoms with E-state index in [1.54, 1.807) is 43.3 Å². The summed E-state index contributed by atoms with van der Waals surface area (Å²) in [5.74, 6) is 0.400. The zero-order valence-electron chi connectivity index (χ0n) is 14.5. The summed E-state index contributed by atoms with van der Waals surface area (Å²) < 4.78 is 16.6. The monoisotopic (exact) mass is 422 g/mol. The van der Waals surface area contributed by atoms with Crippen molar-refractivity contribution in [3.8, 4) is 17.2 Å². The Balaban J connectivity index is 1.95. The third-order valence-corrected chi connectivity index (χ3v) is 3.92. The summed E-state index contributed by atoms with van der Waals surface area (Å²) in [6, 6.07) is 11.9. The second-order valence-corrected chi connectivity index (χ2v) is 6.14. The second-order valence-electron chi connectivity index (χ2n) is 5.23. The molecule has 0 saturated carbocycles. The Hall–Kier alpha value is -2.74. The quantitative estimate of drug-likeness (QED) is 0.698. The van der Waals surface area contributed by atoms with E-state index in [1.807, 2.05) is 6.07 Å². The minimum absolute atomic E-state index is 0.258. The third-order valence-electron chi connectivity index (χ3n) is 3.43. The summed E-state index contributed by atoms with van der Waals surface area (Å²) in [6.45, 7) is 1.58. The van der Waals surface area contributed by atoms with Gasteiger partial charge in [0.15, 0.2) is 6.10 Å². The topological polar surface area (TPSA) is 85.9 Å². The van der Waals surface area contributed by atoms with Crippen LogP contribution in [0.5, 0.6) is 17.2 Å². The summed E-state index contributed by atoms with van der Waals surface area (Å²) >= 11 is 3.33. The van der Waals surface area contributed by atoms with Crippen LogP contribution in [0.1, 0.15) is 17.3 Å². The number of carbonyl (C=O) groups is 2. The average molecular weight is 423 g/mol. The largest absolute Gasteiger partial charge is 0.497 e. The number of methoxy groups -OCH3 is 2. The fraction of sp³-hybridized carbons (Fsp3) is 0.222. The van der Waals surface area contributed by atoms with Crippen LogP contribution in [0.4, 0.5) is 0 Å². The minimum Gasteiger partial charge on any atom is -0.497 e. The Kier molecular flexibility index (Phi) is 6.85. The Morgan fingerprint density at radius 1 is 1.00 bits per heavy atom. The molecule has 0 saturated heterocycles. The van der Waals surface area contributed by atoms with E-state index >= 15 is 0 Å². The molecule has 0 spiro atoms. The molecule has 0 radical (unpaired) electrons. The van der Waals surface area contributed by atoms with Crippen LogP contribution in [-0.4, -0.2) is 32.1 Å². The number of carbonyl (C=O) groups excluding carboxylic acids is 2. The predicted octanol–water partition coefficient (Wildman–Crippen LogP) is 2.69. The highest BCUT2D eigenvalue weighted by atomic mass is 79.9. The molecule has 2 rings (SSSR count). The van der Waals surface area contributed by atoms with E-state index in [0.29, 0.717) is 17.2 Å². The lowest BCUT2D eigenvalue weighted by Crippen LogP contribution is -2.47. The van der Waals surface area contributed by atoms with Gasteiger partial charge in [-0.1, -0.05) is 22.0 Å². The van der Waals surface area contributed by atoms with Crippen LogP contribution in [0.3, 0.4) is 0 Å². The van der Waals surface area contributed by atoms with Crippen LogP contribution in [0.2, 0.25) is 0 Å². The third kappa shape index (κ3) is 5.13. The van der Waals surface area contributed by atoms with Crippen molar-refractivity contribution in [3.05, 3.63) is 52.5 Å². The number of rotatable bonds is 6. The van der Waals surface area contributed by atoms with Gasteiger partial charge in [0, 0.05) is 10.5 Å². The first-order chi connectivity index (χ1) is 12.4. The number of amides is 2. The van der Waals surface area contributed by atoms with Gasteiger partial charge < -0.3 is 14.2 Å². The van der Waals surface area contributed by atoms with Crippen molar-refractivity contribution in [2.75, 3.05) is 14.2 Å². The average Bonchev–Trinajstić information content (AvgIpc) is 2.65. The van der Waals surface area contributed by atoms with Gasteiger partial charge in [-0.15, -0.1) is 0 Å². The molecule has 138 valence electrons. The van der Waals surface area contributed by atoms with E-state index in [-0.39, 0.29) is 5.56 Å². The zero-order chi connectivity index (χ0) is 19.1.